The molecule has 0 aliphatic carbocycles. The molecule has 0 heterocycles. The van der Waals surface area contributed by atoms with E-state index in [-0.39, 0.29) is 12.2 Å². The normalized spacial score (nSPS) is 12.0. The molecule has 5 heteroatoms. The number of nitrogens with two attached hydrogens (primary N) is 1. The lowest BCUT2D eigenvalue weighted by molar-refractivity contribution is -0.141. The maximum atomic E-state index is 13.1. The molecular weight excluding hydrogens is 213 g/mol. The zero-order valence-corrected chi connectivity index (χ0v) is 9.20. The first-order valence-electron chi connectivity index (χ1n) is 4.74. The molecule has 0 spiro atoms. The summed E-state index contributed by atoms with van der Waals surface area (Å²) in [5, 5.41) is 0. The highest BCUT2D eigenvalue weighted by Crippen LogP contribution is 2.23. The Kier molecular flexibility index (Phi) is 4.25. The average Bonchev–Trinajstić information content (AvgIpc) is 2.29. The zero-order chi connectivity index (χ0) is 12.1. The summed E-state index contributed by atoms with van der Waals surface area (Å²) in [6.45, 7) is 0. The molecule has 0 saturated heterocycles. The second-order valence-electron chi connectivity index (χ2n) is 3.28. The van der Waals surface area contributed by atoms with Crippen LogP contribution in [0.25, 0.3) is 0 Å². The van der Waals surface area contributed by atoms with Crippen molar-refractivity contribution in [1.29, 1.82) is 0 Å². The molecule has 16 heavy (non-hydrogen) atoms. The van der Waals surface area contributed by atoms with Crippen LogP contribution in [0.5, 0.6) is 5.75 Å². The maximum absolute atomic E-state index is 13.1. The molecule has 0 bridgehead atoms. The van der Waals surface area contributed by atoms with Gasteiger partial charge in [-0.15, -0.1) is 0 Å². The highest BCUT2D eigenvalue weighted by atomic mass is 19.1. The van der Waals surface area contributed by atoms with E-state index in [1.165, 1.54) is 32.4 Å². The monoisotopic (exact) mass is 227 g/mol. The molecule has 1 atom stereocenters. The number of benzene rings is 1. The van der Waals surface area contributed by atoms with Crippen LogP contribution in [0.1, 0.15) is 18.0 Å². The summed E-state index contributed by atoms with van der Waals surface area (Å²) in [7, 11) is 2.66. The van der Waals surface area contributed by atoms with Gasteiger partial charge in [-0.3, -0.25) is 4.79 Å². The number of hydrogen-bond donors (Lipinski definition) is 1. The first-order chi connectivity index (χ1) is 7.58. The van der Waals surface area contributed by atoms with Crippen LogP contribution in [0.15, 0.2) is 18.2 Å². The zero-order valence-electron chi connectivity index (χ0n) is 9.20. The van der Waals surface area contributed by atoms with Crippen molar-refractivity contribution in [2.24, 2.45) is 5.73 Å². The molecule has 0 amide bonds. The predicted molar refractivity (Wildman–Crippen MR) is 56.5 cm³/mol. The molecule has 4 nitrogen and oxygen atoms in total. The van der Waals surface area contributed by atoms with E-state index in [9.17, 15) is 9.18 Å². The van der Waals surface area contributed by atoms with Crippen LogP contribution in [0.2, 0.25) is 0 Å². The van der Waals surface area contributed by atoms with E-state index < -0.39 is 17.8 Å². The quantitative estimate of drug-likeness (QED) is 0.790. The highest BCUT2D eigenvalue weighted by molar-refractivity contribution is 5.70. The van der Waals surface area contributed by atoms with Gasteiger partial charge in [-0.1, -0.05) is 6.07 Å². The van der Waals surface area contributed by atoms with Crippen molar-refractivity contribution < 1.29 is 18.7 Å². The third kappa shape index (κ3) is 2.93. The Balaban J connectivity index is 2.83. The predicted octanol–water partition coefficient (Wildman–Crippen LogP) is 1.40. The van der Waals surface area contributed by atoms with Crippen LogP contribution in [0.4, 0.5) is 4.39 Å². The number of hydrogen-bond acceptors (Lipinski definition) is 4. The summed E-state index contributed by atoms with van der Waals surface area (Å²) < 4.78 is 22.4. The summed E-state index contributed by atoms with van der Waals surface area (Å²) in [5.41, 5.74) is 6.39. The lowest BCUT2D eigenvalue weighted by Crippen LogP contribution is -2.16. The topological polar surface area (TPSA) is 61.5 Å². The number of carbonyl (C=O) groups excluding carboxylic acids is 1. The van der Waals surface area contributed by atoms with Crippen molar-refractivity contribution in [2.75, 3.05) is 14.2 Å². The molecule has 0 aliphatic rings. The molecule has 0 aromatic heterocycles. The van der Waals surface area contributed by atoms with Gasteiger partial charge in [-0.25, -0.2) is 4.39 Å². The van der Waals surface area contributed by atoms with Gasteiger partial charge in [0.25, 0.3) is 0 Å². The van der Waals surface area contributed by atoms with Crippen LogP contribution >= 0.6 is 0 Å². The van der Waals surface area contributed by atoms with E-state index in [2.05, 4.69) is 4.74 Å². The molecule has 0 fully saturated rings. The van der Waals surface area contributed by atoms with Crippen molar-refractivity contribution in [2.45, 2.75) is 12.5 Å². The summed E-state index contributed by atoms with van der Waals surface area (Å²) in [6, 6.07) is 3.72. The minimum atomic E-state index is -0.526. The number of esters is 1. The molecular formula is C11H14FNO3. The molecule has 88 valence electrons. The van der Waals surface area contributed by atoms with E-state index in [0.29, 0.717) is 5.56 Å². The summed E-state index contributed by atoms with van der Waals surface area (Å²) in [6.07, 6.45) is 0.0469. The number of rotatable bonds is 4. The van der Waals surface area contributed by atoms with E-state index in [4.69, 9.17) is 10.5 Å². The first kappa shape index (κ1) is 12.4. The van der Waals surface area contributed by atoms with Crippen LogP contribution < -0.4 is 10.5 Å². The third-order valence-electron chi connectivity index (χ3n) is 2.22. The molecule has 1 aromatic rings. The van der Waals surface area contributed by atoms with Crippen LogP contribution in [-0.2, 0) is 9.53 Å². The Morgan fingerprint density at radius 2 is 2.19 bits per heavy atom. The van der Waals surface area contributed by atoms with E-state index >= 15 is 0 Å². The standard InChI is InChI=1S/C11H14FNO3/c1-15-10-5-7(3-4-8(10)12)9(13)6-11(14)16-2/h3-5,9H,6,13H2,1-2H3/t9-/m1/s1. The molecule has 0 radical (unpaired) electrons. The fourth-order valence-electron chi connectivity index (χ4n) is 1.29. The fourth-order valence-corrected chi connectivity index (χ4v) is 1.29. The Bertz CT molecular complexity index is 381. The van der Waals surface area contributed by atoms with E-state index in [1.54, 1.807) is 0 Å². The molecule has 0 unspecified atom stereocenters. The number of carbonyl (C=O) groups is 1. The van der Waals surface area contributed by atoms with Gasteiger partial charge in [0, 0.05) is 6.04 Å². The lowest BCUT2D eigenvalue weighted by atomic mass is 10.0. The molecule has 0 aliphatic heterocycles. The van der Waals surface area contributed by atoms with Crippen LogP contribution in [-0.4, -0.2) is 20.2 Å². The van der Waals surface area contributed by atoms with Crippen molar-refractivity contribution in [3.63, 3.8) is 0 Å². The average molecular weight is 227 g/mol. The van der Waals surface area contributed by atoms with Gasteiger partial charge >= 0.3 is 5.97 Å². The largest absolute Gasteiger partial charge is 0.494 e. The van der Waals surface area contributed by atoms with E-state index in [1.807, 2.05) is 0 Å². The van der Waals surface area contributed by atoms with Crippen LogP contribution in [0, 0.1) is 5.82 Å². The second-order valence-corrected chi connectivity index (χ2v) is 3.28. The lowest BCUT2D eigenvalue weighted by Gasteiger charge is -2.12. The van der Waals surface area contributed by atoms with Crippen molar-refractivity contribution >= 4 is 5.97 Å². The Labute approximate surface area is 93.2 Å². The molecule has 0 saturated carbocycles. The summed E-state index contributed by atoms with van der Waals surface area (Å²) >= 11 is 0. The number of halogens is 1. The minimum absolute atomic E-state index is 0.0469. The first-order valence-corrected chi connectivity index (χ1v) is 4.74. The number of methoxy groups -OCH3 is 2. The molecule has 2 N–H and O–H groups in total. The smallest absolute Gasteiger partial charge is 0.307 e. The van der Waals surface area contributed by atoms with Crippen molar-refractivity contribution in [3.05, 3.63) is 29.6 Å². The summed E-state index contributed by atoms with van der Waals surface area (Å²) in [4.78, 5) is 11.0. The highest BCUT2D eigenvalue weighted by Gasteiger charge is 2.14. The summed E-state index contributed by atoms with van der Waals surface area (Å²) in [5.74, 6) is -0.759. The van der Waals surface area contributed by atoms with Gasteiger partial charge in [0.15, 0.2) is 11.6 Å². The van der Waals surface area contributed by atoms with Crippen molar-refractivity contribution in [1.82, 2.24) is 0 Å². The Hall–Kier alpha value is -1.62. The fraction of sp³-hybridized carbons (Fsp3) is 0.364. The molecule has 1 rings (SSSR count). The molecule has 1 aromatic carbocycles. The van der Waals surface area contributed by atoms with E-state index in [0.717, 1.165) is 0 Å². The SMILES string of the molecule is COC(=O)C[C@@H](N)c1ccc(F)c(OC)c1. The van der Waals surface area contributed by atoms with Crippen LogP contribution in [0.3, 0.4) is 0 Å². The van der Waals surface area contributed by atoms with Gasteiger partial charge in [-0.2, -0.15) is 0 Å². The van der Waals surface area contributed by atoms with Gasteiger partial charge in [0.1, 0.15) is 0 Å². The Morgan fingerprint density at radius 1 is 1.50 bits per heavy atom. The Morgan fingerprint density at radius 3 is 2.75 bits per heavy atom. The second kappa shape index (κ2) is 5.46. The maximum Gasteiger partial charge on any atom is 0.307 e. The number of ether oxygens (including phenoxy) is 2. The third-order valence-corrected chi connectivity index (χ3v) is 2.22. The van der Waals surface area contributed by atoms with Gasteiger partial charge in [-0.05, 0) is 17.7 Å². The van der Waals surface area contributed by atoms with Gasteiger partial charge in [0.2, 0.25) is 0 Å². The van der Waals surface area contributed by atoms with Crippen molar-refractivity contribution in [3.8, 4) is 5.75 Å². The van der Waals surface area contributed by atoms with Gasteiger partial charge in [0.05, 0.1) is 20.6 Å². The minimum Gasteiger partial charge on any atom is -0.494 e. The van der Waals surface area contributed by atoms with Gasteiger partial charge < -0.3 is 15.2 Å².